The molecule has 0 saturated carbocycles. The van der Waals surface area contributed by atoms with Crippen molar-refractivity contribution in [2.24, 2.45) is 0 Å². The van der Waals surface area contributed by atoms with Crippen molar-refractivity contribution < 1.29 is 9.59 Å². The van der Waals surface area contributed by atoms with Gasteiger partial charge in [-0.25, -0.2) is 0 Å². The average molecular weight is 331 g/mol. The summed E-state index contributed by atoms with van der Waals surface area (Å²) >= 11 is 5.95. The highest BCUT2D eigenvalue weighted by Crippen LogP contribution is 2.17. The van der Waals surface area contributed by atoms with Crippen LogP contribution < -0.4 is 10.6 Å². The smallest absolute Gasteiger partial charge is 0.251 e. The molecule has 0 aromatic heterocycles. The molecule has 0 bridgehead atoms. The molecule has 2 aromatic carbocycles. The van der Waals surface area contributed by atoms with Crippen LogP contribution >= 0.6 is 11.6 Å². The van der Waals surface area contributed by atoms with Crippen LogP contribution in [0.3, 0.4) is 0 Å². The fourth-order valence-electron chi connectivity index (χ4n) is 2.13. The number of hydrogen-bond donors (Lipinski definition) is 2. The minimum absolute atomic E-state index is 0.197. The molecule has 120 valence electrons. The summed E-state index contributed by atoms with van der Waals surface area (Å²) in [5.41, 5.74) is 1.43. The zero-order chi connectivity index (χ0) is 16.8. The Balaban J connectivity index is 1.93. The number of nitrogens with one attached hydrogen (secondary N) is 2. The molecule has 5 heteroatoms. The van der Waals surface area contributed by atoms with Crippen molar-refractivity contribution in [3.05, 3.63) is 70.7 Å². The highest BCUT2D eigenvalue weighted by Gasteiger charge is 2.18. The molecular weight excluding hydrogens is 312 g/mol. The van der Waals surface area contributed by atoms with E-state index < -0.39 is 6.04 Å². The van der Waals surface area contributed by atoms with Crippen LogP contribution in [0.15, 0.2) is 54.6 Å². The third-order valence-corrected chi connectivity index (χ3v) is 3.72. The molecule has 2 amide bonds. The number of carbonyl (C=O) groups is 2. The Kier molecular flexibility index (Phi) is 5.77. The Morgan fingerprint density at radius 3 is 2.30 bits per heavy atom. The first-order valence-corrected chi connectivity index (χ1v) is 7.77. The van der Waals surface area contributed by atoms with Gasteiger partial charge in [0.15, 0.2) is 0 Å². The van der Waals surface area contributed by atoms with Gasteiger partial charge in [-0.2, -0.15) is 0 Å². The Bertz CT molecular complexity index is 688. The largest absolute Gasteiger partial charge is 0.348 e. The molecule has 0 spiro atoms. The zero-order valence-corrected chi connectivity index (χ0v) is 13.8. The van der Waals surface area contributed by atoms with E-state index in [9.17, 15) is 9.59 Å². The maximum atomic E-state index is 12.2. The monoisotopic (exact) mass is 330 g/mol. The normalized spacial score (nSPS) is 13.0. The number of hydrogen-bond acceptors (Lipinski definition) is 2. The van der Waals surface area contributed by atoms with Gasteiger partial charge in [-0.05, 0) is 43.7 Å². The van der Waals surface area contributed by atoms with Crippen LogP contribution in [0.1, 0.15) is 35.8 Å². The maximum Gasteiger partial charge on any atom is 0.251 e. The molecule has 0 aliphatic heterocycles. The average Bonchev–Trinajstić information content (AvgIpc) is 2.55. The Hall–Kier alpha value is -2.33. The fourth-order valence-corrected chi connectivity index (χ4v) is 2.33. The lowest BCUT2D eigenvalue weighted by molar-refractivity contribution is -0.123. The van der Waals surface area contributed by atoms with Crippen LogP contribution in [0.25, 0.3) is 0 Å². The van der Waals surface area contributed by atoms with Crippen LogP contribution in [0.4, 0.5) is 0 Å². The molecule has 0 unspecified atom stereocenters. The summed E-state index contributed by atoms with van der Waals surface area (Å²) in [7, 11) is 0. The molecule has 0 fully saturated rings. The number of rotatable bonds is 5. The van der Waals surface area contributed by atoms with E-state index in [1.165, 1.54) is 0 Å². The van der Waals surface area contributed by atoms with Gasteiger partial charge in [0.2, 0.25) is 5.91 Å². The van der Waals surface area contributed by atoms with Crippen molar-refractivity contribution in [1.29, 1.82) is 0 Å². The second-order valence-electron chi connectivity index (χ2n) is 5.35. The minimum Gasteiger partial charge on any atom is -0.348 e. The first kappa shape index (κ1) is 17.0. The lowest BCUT2D eigenvalue weighted by Gasteiger charge is -2.19. The van der Waals surface area contributed by atoms with E-state index >= 15 is 0 Å². The molecule has 23 heavy (non-hydrogen) atoms. The van der Waals surface area contributed by atoms with E-state index in [1.807, 2.05) is 25.1 Å². The Morgan fingerprint density at radius 2 is 1.65 bits per heavy atom. The number of amides is 2. The lowest BCUT2D eigenvalue weighted by Crippen LogP contribution is -2.45. The highest BCUT2D eigenvalue weighted by atomic mass is 35.5. The van der Waals surface area contributed by atoms with Crippen LogP contribution in [-0.4, -0.2) is 17.9 Å². The van der Waals surface area contributed by atoms with Gasteiger partial charge < -0.3 is 10.6 Å². The van der Waals surface area contributed by atoms with Gasteiger partial charge in [0, 0.05) is 10.6 Å². The summed E-state index contributed by atoms with van der Waals surface area (Å²) in [6.07, 6.45) is 0. The second-order valence-corrected chi connectivity index (χ2v) is 5.78. The summed E-state index contributed by atoms with van der Waals surface area (Å²) in [5.74, 6) is -0.523. The predicted molar refractivity (Wildman–Crippen MR) is 91.4 cm³/mol. The molecule has 2 rings (SSSR count). The second kappa shape index (κ2) is 7.79. The Labute approximate surface area is 140 Å². The molecule has 2 atom stereocenters. The molecule has 0 aliphatic carbocycles. The fraction of sp³-hybridized carbons (Fsp3) is 0.222. The van der Waals surface area contributed by atoms with E-state index in [1.54, 1.807) is 43.3 Å². The number of carbonyl (C=O) groups excluding carboxylic acids is 2. The van der Waals surface area contributed by atoms with Gasteiger partial charge in [-0.1, -0.05) is 41.9 Å². The third-order valence-electron chi connectivity index (χ3n) is 3.48. The SMILES string of the molecule is C[C@H](NC(=O)c1ccccc1)C(=O)N[C@H](C)c1cccc(Cl)c1. The molecule has 2 aromatic rings. The quantitative estimate of drug-likeness (QED) is 0.883. The van der Waals surface area contributed by atoms with E-state index in [2.05, 4.69) is 10.6 Å². The van der Waals surface area contributed by atoms with Crippen LogP contribution in [0.5, 0.6) is 0 Å². The Morgan fingerprint density at radius 1 is 0.957 bits per heavy atom. The summed E-state index contributed by atoms with van der Waals surface area (Å²) in [6, 6.07) is 15.3. The van der Waals surface area contributed by atoms with E-state index in [-0.39, 0.29) is 17.9 Å². The molecule has 0 saturated heterocycles. The maximum absolute atomic E-state index is 12.2. The van der Waals surface area contributed by atoms with Gasteiger partial charge in [0.1, 0.15) is 6.04 Å². The van der Waals surface area contributed by atoms with Gasteiger partial charge >= 0.3 is 0 Å². The number of benzene rings is 2. The highest BCUT2D eigenvalue weighted by molar-refractivity contribution is 6.30. The molecule has 0 radical (unpaired) electrons. The van der Waals surface area contributed by atoms with Crippen molar-refractivity contribution in [2.45, 2.75) is 25.9 Å². The van der Waals surface area contributed by atoms with Crippen LogP contribution in [0, 0.1) is 0 Å². The van der Waals surface area contributed by atoms with Gasteiger partial charge in [0.05, 0.1) is 6.04 Å². The standard InChI is InChI=1S/C18H19ClN2O2/c1-12(15-9-6-10-16(19)11-15)20-17(22)13(2)21-18(23)14-7-4-3-5-8-14/h3-13H,1-2H3,(H,20,22)(H,21,23)/t12-,13+/m1/s1. The molecular formula is C18H19ClN2O2. The van der Waals surface area contributed by atoms with Crippen molar-refractivity contribution in [3.63, 3.8) is 0 Å². The summed E-state index contributed by atoms with van der Waals surface area (Å²) in [5, 5.41) is 6.17. The molecule has 0 heterocycles. The van der Waals surface area contributed by atoms with E-state index in [4.69, 9.17) is 11.6 Å². The van der Waals surface area contributed by atoms with Gasteiger partial charge in [-0.3, -0.25) is 9.59 Å². The molecule has 4 nitrogen and oxygen atoms in total. The van der Waals surface area contributed by atoms with Crippen molar-refractivity contribution in [1.82, 2.24) is 10.6 Å². The summed E-state index contributed by atoms with van der Waals surface area (Å²) < 4.78 is 0. The zero-order valence-electron chi connectivity index (χ0n) is 13.0. The first-order chi connectivity index (χ1) is 11.0. The minimum atomic E-state index is -0.635. The van der Waals surface area contributed by atoms with Crippen LogP contribution in [0.2, 0.25) is 5.02 Å². The summed E-state index contributed by atoms with van der Waals surface area (Å²) in [6.45, 7) is 3.52. The number of halogens is 1. The lowest BCUT2D eigenvalue weighted by atomic mass is 10.1. The van der Waals surface area contributed by atoms with E-state index in [0.29, 0.717) is 10.6 Å². The van der Waals surface area contributed by atoms with Crippen molar-refractivity contribution in [3.8, 4) is 0 Å². The van der Waals surface area contributed by atoms with E-state index in [0.717, 1.165) is 5.56 Å². The van der Waals surface area contributed by atoms with Crippen molar-refractivity contribution >= 4 is 23.4 Å². The third kappa shape index (κ3) is 4.83. The van der Waals surface area contributed by atoms with Gasteiger partial charge in [0.25, 0.3) is 5.91 Å². The molecule has 2 N–H and O–H groups in total. The predicted octanol–water partition coefficient (Wildman–Crippen LogP) is 3.34. The van der Waals surface area contributed by atoms with Gasteiger partial charge in [-0.15, -0.1) is 0 Å². The molecule has 0 aliphatic rings. The van der Waals surface area contributed by atoms with Crippen molar-refractivity contribution in [2.75, 3.05) is 0 Å². The van der Waals surface area contributed by atoms with Crippen LogP contribution in [-0.2, 0) is 4.79 Å². The topological polar surface area (TPSA) is 58.2 Å². The first-order valence-electron chi connectivity index (χ1n) is 7.39. The summed E-state index contributed by atoms with van der Waals surface area (Å²) in [4.78, 5) is 24.3.